The van der Waals surface area contributed by atoms with Gasteiger partial charge < -0.3 is 19.2 Å². The van der Waals surface area contributed by atoms with Crippen LogP contribution in [-0.4, -0.2) is 25.1 Å². The molecule has 0 saturated heterocycles. The minimum absolute atomic E-state index is 0.202. The first-order valence-corrected chi connectivity index (χ1v) is 5.16. The van der Waals surface area contributed by atoms with E-state index in [1.807, 2.05) is 0 Å². The van der Waals surface area contributed by atoms with Gasteiger partial charge in [-0.2, -0.15) is 0 Å². The number of carbonyl (C=O) groups is 1. The van der Waals surface area contributed by atoms with Gasteiger partial charge in [-0.1, -0.05) is 0 Å². The van der Waals surface area contributed by atoms with Gasteiger partial charge in [-0.25, -0.2) is 4.98 Å². The van der Waals surface area contributed by atoms with Crippen LogP contribution in [0, 0.1) is 0 Å². The average Bonchev–Trinajstić information content (AvgIpc) is 2.93. The van der Waals surface area contributed by atoms with Crippen LogP contribution in [0.4, 0.5) is 5.69 Å². The molecule has 0 saturated carbocycles. The van der Waals surface area contributed by atoms with Crippen LogP contribution in [-0.2, 0) is 0 Å². The van der Waals surface area contributed by atoms with E-state index < -0.39 is 0 Å². The highest BCUT2D eigenvalue weighted by Gasteiger charge is 2.12. The summed E-state index contributed by atoms with van der Waals surface area (Å²) in [5.74, 6) is 0.782. The van der Waals surface area contributed by atoms with Crippen LogP contribution in [0.2, 0.25) is 0 Å². The van der Waals surface area contributed by atoms with Crippen LogP contribution >= 0.6 is 0 Å². The van der Waals surface area contributed by atoms with Gasteiger partial charge in [0.25, 0.3) is 5.91 Å². The number of aromatic nitrogens is 1. The molecule has 0 radical (unpaired) electrons. The van der Waals surface area contributed by atoms with E-state index in [9.17, 15) is 4.79 Å². The predicted molar refractivity (Wildman–Crippen MR) is 64.0 cm³/mol. The molecule has 2 aromatic rings. The molecule has 1 N–H and O–H groups in total. The van der Waals surface area contributed by atoms with Crippen molar-refractivity contribution in [3.63, 3.8) is 0 Å². The van der Waals surface area contributed by atoms with E-state index in [0.717, 1.165) is 0 Å². The smallest absolute Gasteiger partial charge is 0.277 e. The maximum absolute atomic E-state index is 11.8. The van der Waals surface area contributed by atoms with Gasteiger partial charge in [0.1, 0.15) is 17.8 Å². The van der Waals surface area contributed by atoms with Gasteiger partial charge in [-0.15, -0.1) is 0 Å². The number of nitrogens with zero attached hydrogens (tertiary/aromatic N) is 1. The number of ether oxygens (including phenoxy) is 2. The number of carbonyl (C=O) groups excluding carboxylic acids is 1. The fourth-order valence-corrected chi connectivity index (χ4v) is 1.41. The summed E-state index contributed by atoms with van der Waals surface area (Å²) in [4.78, 5) is 15.5. The molecular weight excluding hydrogens is 236 g/mol. The van der Waals surface area contributed by atoms with Crippen molar-refractivity contribution >= 4 is 11.6 Å². The van der Waals surface area contributed by atoms with Crippen molar-refractivity contribution in [1.29, 1.82) is 0 Å². The minimum Gasteiger partial charge on any atom is -0.497 e. The Morgan fingerprint density at radius 3 is 2.78 bits per heavy atom. The molecule has 94 valence electrons. The lowest BCUT2D eigenvalue weighted by molar-refractivity contribution is 0.102. The highest BCUT2D eigenvalue weighted by atomic mass is 16.5. The molecule has 0 bridgehead atoms. The topological polar surface area (TPSA) is 73.6 Å². The molecule has 0 aliphatic carbocycles. The second-order valence-electron chi connectivity index (χ2n) is 3.39. The Bertz CT molecular complexity index is 537. The summed E-state index contributed by atoms with van der Waals surface area (Å²) in [5.41, 5.74) is 0.735. The standard InChI is InChI=1S/C12H12N2O4/c1-16-8-3-4-9(11(5-8)17-2)14-12(15)10-6-18-7-13-10/h3-7H,1-2H3,(H,14,15). The van der Waals surface area contributed by atoms with Gasteiger partial charge in [0.2, 0.25) is 0 Å². The molecule has 0 unspecified atom stereocenters. The minimum atomic E-state index is -0.368. The summed E-state index contributed by atoms with van der Waals surface area (Å²) < 4.78 is 15.0. The highest BCUT2D eigenvalue weighted by Crippen LogP contribution is 2.29. The van der Waals surface area contributed by atoms with E-state index in [0.29, 0.717) is 17.2 Å². The fraction of sp³-hybridized carbons (Fsp3) is 0.167. The van der Waals surface area contributed by atoms with Gasteiger partial charge in [-0.3, -0.25) is 4.79 Å². The summed E-state index contributed by atoms with van der Waals surface area (Å²) in [6.07, 6.45) is 2.46. The summed E-state index contributed by atoms with van der Waals surface area (Å²) in [6, 6.07) is 5.09. The first kappa shape index (κ1) is 12.0. The van der Waals surface area contributed by atoms with Crippen LogP contribution in [0.5, 0.6) is 11.5 Å². The van der Waals surface area contributed by atoms with Crippen LogP contribution in [0.15, 0.2) is 35.3 Å². The van der Waals surface area contributed by atoms with Crippen molar-refractivity contribution in [1.82, 2.24) is 4.98 Å². The number of benzene rings is 1. The molecule has 1 aromatic heterocycles. The highest BCUT2D eigenvalue weighted by molar-refractivity contribution is 6.03. The van der Waals surface area contributed by atoms with Gasteiger partial charge in [-0.05, 0) is 12.1 Å². The van der Waals surface area contributed by atoms with Gasteiger partial charge in [0.05, 0.1) is 19.9 Å². The predicted octanol–water partition coefficient (Wildman–Crippen LogP) is 1.94. The van der Waals surface area contributed by atoms with Crippen LogP contribution in [0.1, 0.15) is 10.5 Å². The van der Waals surface area contributed by atoms with Gasteiger partial charge >= 0.3 is 0 Å². The number of rotatable bonds is 4. The van der Waals surface area contributed by atoms with Gasteiger partial charge in [0.15, 0.2) is 12.1 Å². The first-order valence-electron chi connectivity index (χ1n) is 5.16. The van der Waals surface area contributed by atoms with Crippen molar-refractivity contribution in [2.75, 3.05) is 19.5 Å². The van der Waals surface area contributed by atoms with Crippen molar-refractivity contribution in [2.45, 2.75) is 0 Å². The molecule has 6 heteroatoms. The Labute approximate surface area is 104 Å². The van der Waals surface area contributed by atoms with E-state index in [4.69, 9.17) is 13.9 Å². The first-order chi connectivity index (χ1) is 8.74. The maximum Gasteiger partial charge on any atom is 0.277 e. The average molecular weight is 248 g/mol. The van der Waals surface area contributed by atoms with Crippen molar-refractivity contribution in [3.8, 4) is 11.5 Å². The Kier molecular flexibility index (Phi) is 3.47. The van der Waals surface area contributed by atoms with Crippen LogP contribution < -0.4 is 14.8 Å². The zero-order valence-electron chi connectivity index (χ0n) is 9.97. The maximum atomic E-state index is 11.8. The lowest BCUT2D eigenvalue weighted by Gasteiger charge is -2.10. The Morgan fingerprint density at radius 2 is 2.17 bits per heavy atom. The second kappa shape index (κ2) is 5.22. The number of amides is 1. The largest absolute Gasteiger partial charge is 0.497 e. The molecule has 0 spiro atoms. The van der Waals surface area contributed by atoms with E-state index in [1.54, 1.807) is 25.3 Å². The third-order valence-electron chi connectivity index (χ3n) is 2.32. The summed E-state index contributed by atoms with van der Waals surface area (Å²) in [5, 5.41) is 2.67. The van der Waals surface area contributed by atoms with E-state index in [1.165, 1.54) is 19.8 Å². The fourth-order valence-electron chi connectivity index (χ4n) is 1.41. The number of anilines is 1. The van der Waals surface area contributed by atoms with Gasteiger partial charge in [0, 0.05) is 6.07 Å². The number of hydrogen-bond donors (Lipinski definition) is 1. The van der Waals surface area contributed by atoms with Crippen LogP contribution in [0.25, 0.3) is 0 Å². The SMILES string of the molecule is COc1ccc(NC(=O)c2cocn2)c(OC)c1. The second-order valence-corrected chi connectivity index (χ2v) is 3.39. The van der Waals surface area contributed by atoms with E-state index in [2.05, 4.69) is 10.3 Å². The van der Waals surface area contributed by atoms with Crippen LogP contribution in [0.3, 0.4) is 0 Å². The number of methoxy groups -OCH3 is 2. The third kappa shape index (κ3) is 2.42. The monoisotopic (exact) mass is 248 g/mol. The van der Waals surface area contributed by atoms with Crippen molar-refractivity contribution in [2.24, 2.45) is 0 Å². The molecule has 6 nitrogen and oxygen atoms in total. The molecule has 0 fully saturated rings. The van der Waals surface area contributed by atoms with E-state index >= 15 is 0 Å². The Balaban J connectivity index is 2.21. The third-order valence-corrected chi connectivity index (χ3v) is 2.32. The van der Waals surface area contributed by atoms with E-state index in [-0.39, 0.29) is 11.6 Å². The Morgan fingerprint density at radius 1 is 1.33 bits per heavy atom. The molecule has 0 aliphatic heterocycles. The Hall–Kier alpha value is -2.50. The lowest BCUT2D eigenvalue weighted by atomic mass is 10.2. The number of oxazole rings is 1. The quantitative estimate of drug-likeness (QED) is 0.895. The molecule has 18 heavy (non-hydrogen) atoms. The van der Waals surface area contributed by atoms with Crippen molar-refractivity contribution < 1.29 is 18.7 Å². The summed E-state index contributed by atoms with van der Waals surface area (Å²) in [7, 11) is 3.07. The zero-order valence-corrected chi connectivity index (χ0v) is 9.97. The molecule has 1 amide bonds. The van der Waals surface area contributed by atoms with Crippen molar-refractivity contribution in [3.05, 3.63) is 36.5 Å². The number of hydrogen-bond acceptors (Lipinski definition) is 5. The molecule has 2 rings (SSSR count). The normalized spacial score (nSPS) is 9.89. The molecule has 1 aromatic carbocycles. The summed E-state index contributed by atoms with van der Waals surface area (Å²) >= 11 is 0. The zero-order chi connectivity index (χ0) is 13.0. The molecule has 1 heterocycles. The lowest BCUT2D eigenvalue weighted by Crippen LogP contribution is -2.12. The molecule has 0 aliphatic rings. The summed E-state index contributed by atoms with van der Waals surface area (Å²) in [6.45, 7) is 0. The molecular formula is C12H12N2O4. The molecule has 0 atom stereocenters. The number of nitrogens with one attached hydrogen (secondary N) is 1.